The van der Waals surface area contributed by atoms with Crippen LogP contribution in [-0.4, -0.2) is 6.29 Å². The summed E-state index contributed by atoms with van der Waals surface area (Å²) in [6.45, 7) is 9.00. The van der Waals surface area contributed by atoms with Crippen LogP contribution in [0.15, 0.2) is 0 Å². The topological polar surface area (TPSA) is 17.1 Å². The molecule has 0 N–H and O–H groups in total. The Kier molecular flexibility index (Phi) is 2.06. The summed E-state index contributed by atoms with van der Waals surface area (Å²) in [5, 5.41) is 0. The van der Waals surface area contributed by atoms with Crippen LogP contribution in [0.3, 0.4) is 0 Å². The van der Waals surface area contributed by atoms with E-state index >= 15 is 0 Å². The van der Waals surface area contributed by atoms with Crippen LogP contribution in [0.2, 0.25) is 0 Å². The first-order valence-electron chi connectivity index (χ1n) is 5.86. The molecule has 0 heterocycles. The molecule has 1 nitrogen and oxygen atoms in total. The van der Waals surface area contributed by atoms with E-state index in [9.17, 15) is 4.79 Å². The van der Waals surface area contributed by atoms with Crippen molar-refractivity contribution >= 4 is 6.29 Å². The predicted octanol–water partition coefficient (Wildman–Crippen LogP) is 3.28. The third kappa shape index (κ3) is 1.17. The van der Waals surface area contributed by atoms with E-state index in [0.29, 0.717) is 11.3 Å². The summed E-state index contributed by atoms with van der Waals surface area (Å²) in [6, 6.07) is 0. The first-order chi connectivity index (χ1) is 6.39. The second-order valence-electron chi connectivity index (χ2n) is 6.48. The second-order valence-corrected chi connectivity index (χ2v) is 6.48. The van der Waals surface area contributed by atoms with Gasteiger partial charge in [0.05, 0.1) is 0 Å². The predicted molar refractivity (Wildman–Crippen MR) is 57.9 cm³/mol. The first-order valence-corrected chi connectivity index (χ1v) is 5.86. The number of aldehydes is 1. The van der Waals surface area contributed by atoms with E-state index in [-0.39, 0.29) is 5.41 Å². The van der Waals surface area contributed by atoms with Gasteiger partial charge in [-0.3, -0.25) is 0 Å². The molecule has 0 aromatic carbocycles. The number of rotatable bonds is 2. The molecule has 1 heteroatoms. The van der Waals surface area contributed by atoms with E-state index in [2.05, 4.69) is 27.7 Å². The quantitative estimate of drug-likeness (QED) is 0.616. The molecule has 3 atom stereocenters. The Labute approximate surface area is 87.3 Å². The molecule has 1 unspecified atom stereocenters. The highest BCUT2D eigenvalue weighted by atomic mass is 16.1. The summed E-state index contributed by atoms with van der Waals surface area (Å²) in [4.78, 5) is 11.1. The van der Waals surface area contributed by atoms with Crippen LogP contribution in [0.5, 0.6) is 0 Å². The molecule has 0 aromatic heterocycles. The fourth-order valence-electron chi connectivity index (χ4n) is 3.79. The van der Waals surface area contributed by atoms with Crippen LogP contribution in [0.25, 0.3) is 0 Å². The third-order valence-corrected chi connectivity index (χ3v) is 5.12. The Balaban J connectivity index is 2.19. The molecule has 0 radical (unpaired) electrons. The van der Waals surface area contributed by atoms with Gasteiger partial charge in [0.2, 0.25) is 0 Å². The van der Waals surface area contributed by atoms with Gasteiger partial charge >= 0.3 is 0 Å². The van der Waals surface area contributed by atoms with Crippen LogP contribution < -0.4 is 0 Å². The summed E-state index contributed by atoms with van der Waals surface area (Å²) < 4.78 is 0. The molecule has 3 aliphatic rings. The van der Waals surface area contributed by atoms with Gasteiger partial charge in [-0.25, -0.2) is 0 Å². The van der Waals surface area contributed by atoms with Crippen molar-refractivity contribution in [3.8, 4) is 0 Å². The summed E-state index contributed by atoms with van der Waals surface area (Å²) in [5.41, 5.74) is 0.399. The molecule has 3 saturated carbocycles. The number of carbonyl (C=O) groups is 1. The number of carbonyl (C=O) groups excluding carboxylic acids is 1. The zero-order valence-electron chi connectivity index (χ0n) is 9.84. The van der Waals surface area contributed by atoms with Crippen LogP contribution in [-0.2, 0) is 4.79 Å². The molecule has 0 saturated heterocycles. The highest BCUT2D eigenvalue weighted by Gasteiger charge is 2.57. The van der Waals surface area contributed by atoms with Gasteiger partial charge < -0.3 is 4.79 Å². The Morgan fingerprint density at radius 1 is 1.29 bits per heavy atom. The zero-order valence-corrected chi connectivity index (χ0v) is 9.84. The molecule has 2 bridgehead atoms. The molecule has 0 spiro atoms. The van der Waals surface area contributed by atoms with E-state index in [1.165, 1.54) is 25.5 Å². The first kappa shape index (κ1) is 10.2. The largest absolute Gasteiger partial charge is 0.303 e. The van der Waals surface area contributed by atoms with Gasteiger partial charge in [-0.1, -0.05) is 27.7 Å². The molecule has 0 amide bonds. The monoisotopic (exact) mass is 194 g/mol. The van der Waals surface area contributed by atoms with Crippen LogP contribution in [0, 0.1) is 28.6 Å². The molecule has 80 valence electrons. The standard InChI is InChI=1S/C13H22O/c1-12(2,8-14)10-6-5-9-7-11(10)13(9,3)4/h8-11H,5-7H2,1-4H3/t9-,10?,11-/m0/s1. The average molecular weight is 194 g/mol. The molecule has 0 aliphatic heterocycles. The highest BCUT2D eigenvalue weighted by molar-refractivity contribution is 5.58. The Bertz CT molecular complexity index is 250. The van der Waals surface area contributed by atoms with Crippen LogP contribution >= 0.6 is 0 Å². The average Bonchev–Trinajstić information content (AvgIpc) is 2.17. The van der Waals surface area contributed by atoms with Crippen molar-refractivity contribution in [2.45, 2.75) is 47.0 Å². The van der Waals surface area contributed by atoms with Crippen molar-refractivity contribution < 1.29 is 4.79 Å². The smallest absolute Gasteiger partial charge is 0.125 e. The molecule has 3 rings (SSSR count). The fourth-order valence-corrected chi connectivity index (χ4v) is 3.79. The minimum absolute atomic E-state index is 0.104. The van der Waals surface area contributed by atoms with Crippen molar-refractivity contribution in [2.24, 2.45) is 28.6 Å². The van der Waals surface area contributed by atoms with E-state index in [1.54, 1.807) is 0 Å². The lowest BCUT2D eigenvalue weighted by molar-refractivity contribution is -0.147. The maximum atomic E-state index is 11.1. The number of hydrogen-bond acceptors (Lipinski definition) is 1. The zero-order chi connectivity index (χ0) is 10.6. The van der Waals surface area contributed by atoms with E-state index in [1.807, 2.05) is 0 Å². The van der Waals surface area contributed by atoms with Gasteiger partial charge in [0.1, 0.15) is 6.29 Å². The van der Waals surface area contributed by atoms with Crippen molar-refractivity contribution in [3.63, 3.8) is 0 Å². The van der Waals surface area contributed by atoms with Gasteiger partial charge in [0.25, 0.3) is 0 Å². The molecule has 0 aromatic rings. The van der Waals surface area contributed by atoms with Gasteiger partial charge in [-0.2, -0.15) is 0 Å². The van der Waals surface area contributed by atoms with Gasteiger partial charge in [0, 0.05) is 5.41 Å². The Hall–Kier alpha value is -0.330. The van der Waals surface area contributed by atoms with Gasteiger partial charge in [-0.05, 0) is 42.4 Å². The summed E-state index contributed by atoms with van der Waals surface area (Å²) in [5.74, 6) is 2.35. The Morgan fingerprint density at radius 3 is 2.36 bits per heavy atom. The fraction of sp³-hybridized carbons (Fsp3) is 0.923. The molecule has 14 heavy (non-hydrogen) atoms. The SMILES string of the molecule is CC(C)(C=O)C1CC[C@H]2C[C@@H]1C2(C)C. The van der Waals surface area contributed by atoms with Gasteiger partial charge in [-0.15, -0.1) is 0 Å². The summed E-state index contributed by atoms with van der Waals surface area (Å²) in [7, 11) is 0. The Morgan fingerprint density at radius 2 is 1.93 bits per heavy atom. The molecular formula is C13H22O. The second kappa shape index (κ2) is 2.84. The highest BCUT2D eigenvalue weighted by Crippen LogP contribution is 2.64. The lowest BCUT2D eigenvalue weighted by atomic mass is 9.42. The number of fused-ring (bicyclic) bond motifs is 2. The van der Waals surface area contributed by atoms with Crippen molar-refractivity contribution in [1.29, 1.82) is 0 Å². The lowest BCUT2D eigenvalue weighted by Gasteiger charge is -2.62. The van der Waals surface area contributed by atoms with E-state index in [0.717, 1.165) is 11.8 Å². The molecule has 3 fully saturated rings. The van der Waals surface area contributed by atoms with Crippen LogP contribution in [0.1, 0.15) is 47.0 Å². The van der Waals surface area contributed by atoms with Gasteiger partial charge in [0.15, 0.2) is 0 Å². The molecule has 3 aliphatic carbocycles. The van der Waals surface area contributed by atoms with E-state index in [4.69, 9.17) is 0 Å². The van der Waals surface area contributed by atoms with Crippen molar-refractivity contribution in [3.05, 3.63) is 0 Å². The number of hydrogen-bond donors (Lipinski definition) is 0. The summed E-state index contributed by atoms with van der Waals surface area (Å²) in [6.07, 6.45) is 5.15. The van der Waals surface area contributed by atoms with E-state index < -0.39 is 0 Å². The minimum Gasteiger partial charge on any atom is -0.303 e. The van der Waals surface area contributed by atoms with Crippen molar-refractivity contribution in [2.75, 3.05) is 0 Å². The maximum Gasteiger partial charge on any atom is 0.125 e. The third-order valence-electron chi connectivity index (χ3n) is 5.12. The van der Waals surface area contributed by atoms with Crippen LogP contribution in [0.4, 0.5) is 0 Å². The minimum atomic E-state index is -0.104. The molecular weight excluding hydrogens is 172 g/mol. The normalized spacial score (nSPS) is 40.1. The van der Waals surface area contributed by atoms with Crippen molar-refractivity contribution in [1.82, 2.24) is 0 Å². The maximum absolute atomic E-state index is 11.1. The summed E-state index contributed by atoms with van der Waals surface area (Å²) >= 11 is 0. The lowest BCUT2D eigenvalue weighted by Crippen LogP contribution is -2.55.